The molecular weight excluding hydrogens is 464 g/mol. The van der Waals surface area contributed by atoms with Gasteiger partial charge in [-0.05, 0) is 73.4 Å². The zero-order chi connectivity index (χ0) is 25.4. The number of aromatic nitrogens is 4. The number of rotatable bonds is 3. The van der Waals surface area contributed by atoms with Gasteiger partial charge in [-0.3, -0.25) is 4.79 Å². The van der Waals surface area contributed by atoms with Crippen LogP contribution < -0.4 is 15.8 Å². The van der Waals surface area contributed by atoms with Crippen LogP contribution in [0.15, 0.2) is 54.6 Å². The van der Waals surface area contributed by atoms with Crippen LogP contribution in [0.2, 0.25) is 0 Å². The van der Waals surface area contributed by atoms with Gasteiger partial charge in [0.15, 0.2) is 17.0 Å². The first kappa shape index (κ1) is 23.2. The molecule has 4 bridgehead atoms. The summed E-state index contributed by atoms with van der Waals surface area (Å²) >= 11 is 0. The van der Waals surface area contributed by atoms with E-state index >= 15 is 0 Å². The molecule has 37 heavy (non-hydrogen) atoms. The normalized spacial score (nSPS) is 16.6. The van der Waals surface area contributed by atoms with Crippen molar-refractivity contribution in [2.45, 2.75) is 51.6 Å². The number of carbonyl (C=O) groups excluding carboxylic acids is 1. The second kappa shape index (κ2) is 9.69. The first-order valence-corrected chi connectivity index (χ1v) is 12.9. The van der Waals surface area contributed by atoms with E-state index in [1.807, 2.05) is 31.2 Å². The lowest BCUT2D eigenvalue weighted by atomic mass is 9.92. The molecule has 1 fully saturated rings. The van der Waals surface area contributed by atoms with Crippen LogP contribution in [-0.2, 0) is 13.0 Å². The average molecular weight is 495 g/mol. The summed E-state index contributed by atoms with van der Waals surface area (Å²) in [6.45, 7) is 3.02. The van der Waals surface area contributed by atoms with Crippen molar-refractivity contribution in [1.82, 2.24) is 24.8 Å². The minimum Gasteiger partial charge on any atom is -0.463 e. The largest absolute Gasteiger partial charge is 0.463 e. The lowest BCUT2D eigenvalue weighted by molar-refractivity contribution is 0.0917. The van der Waals surface area contributed by atoms with Crippen LogP contribution in [0.5, 0.6) is 6.01 Å². The van der Waals surface area contributed by atoms with Crippen molar-refractivity contribution in [1.29, 1.82) is 0 Å². The van der Waals surface area contributed by atoms with Crippen LogP contribution in [0.3, 0.4) is 0 Å². The smallest absolute Gasteiger partial charge is 0.320 e. The topological polar surface area (TPSA) is 108 Å². The van der Waals surface area contributed by atoms with Gasteiger partial charge in [0.05, 0.1) is 13.2 Å². The number of imidazole rings is 1. The molecule has 1 saturated carbocycles. The van der Waals surface area contributed by atoms with E-state index in [-0.39, 0.29) is 11.9 Å². The fourth-order valence-corrected chi connectivity index (χ4v) is 4.91. The summed E-state index contributed by atoms with van der Waals surface area (Å²) in [5.74, 6) is 1.15. The molecule has 3 heterocycles. The first-order chi connectivity index (χ1) is 18.0. The molecule has 2 aliphatic rings. The van der Waals surface area contributed by atoms with Crippen molar-refractivity contribution in [3.05, 3.63) is 77.1 Å². The van der Waals surface area contributed by atoms with E-state index in [4.69, 9.17) is 10.5 Å². The highest BCUT2D eigenvalue weighted by Gasteiger charge is 2.20. The Kier molecular flexibility index (Phi) is 6.08. The maximum atomic E-state index is 12.6. The van der Waals surface area contributed by atoms with Crippen molar-refractivity contribution >= 4 is 22.9 Å². The summed E-state index contributed by atoms with van der Waals surface area (Å²) in [7, 11) is 0. The number of amides is 1. The van der Waals surface area contributed by atoms with Crippen molar-refractivity contribution in [2.24, 2.45) is 0 Å². The van der Waals surface area contributed by atoms with Crippen molar-refractivity contribution in [3.63, 3.8) is 0 Å². The first-order valence-electron chi connectivity index (χ1n) is 12.9. The molecule has 4 aromatic rings. The van der Waals surface area contributed by atoms with Gasteiger partial charge < -0.3 is 20.4 Å². The molecule has 0 spiro atoms. The maximum absolute atomic E-state index is 12.6. The lowest BCUT2D eigenvalue weighted by Crippen LogP contribution is -2.39. The number of ether oxygens (including phenoxy) is 1. The van der Waals surface area contributed by atoms with Crippen LogP contribution in [0.4, 0.5) is 5.82 Å². The Morgan fingerprint density at radius 1 is 1.08 bits per heavy atom. The van der Waals surface area contributed by atoms with Crippen molar-refractivity contribution < 1.29 is 9.53 Å². The van der Waals surface area contributed by atoms with E-state index in [1.165, 1.54) is 12.0 Å². The molecule has 0 saturated heterocycles. The highest BCUT2D eigenvalue weighted by molar-refractivity contribution is 5.95. The van der Waals surface area contributed by atoms with Crippen LogP contribution in [-0.4, -0.2) is 38.1 Å². The second-order valence-electron chi connectivity index (χ2n) is 9.79. The lowest BCUT2D eigenvalue weighted by Gasteiger charge is -2.26. The van der Waals surface area contributed by atoms with Gasteiger partial charge in [0.25, 0.3) is 5.91 Å². The molecule has 2 aromatic carbocycles. The predicted molar refractivity (Wildman–Crippen MR) is 144 cm³/mol. The summed E-state index contributed by atoms with van der Waals surface area (Å²) < 4.78 is 7.84. The number of nitrogens with one attached hydrogen (secondary N) is 1. The standard InChI is InChI=1S/C29H30N6O2/c1-18-31-25-26(30)33-29-34-27(25)35(18)17-19-9-14-24(22(16-19)6-3-2-4-15-37-29)20-10-12-21(13-11-20)28(36)32-23-7-5-8-23/h2-3,9-14,16,23H,4-8,15,17H2,1H3,(H,32,36)(H2,30,33,34)/b3-2-. The van der Waals surface area contributed by atoms with Crippen molar-refractivity contribution in [3.8, 4) is 17.1 Å². The van der Waals surface area contributed by atoms with Gasteiger partial charge in [-0.1, -0.05) is 42.5 Å². The van der Waals surface area contributed by atoms with Gasteiger partial charge >= 0.3 is 6.01 Å². The zero-order valence-corrected chi connectivity index (χ0v) is 20.9. The third-order valence-corrected chi connectivity index (χ3v) is 7.22. The van der Waals surface area contributed by atoms with E-state index in [1.54, 1.807) is 0 Å². The number of hydrogen-bond donors (Lipinski definition) is 2. The fraction of sp³-hybridized carbons (Fsp3) is 0.310. The molecule has 6 rings (SSSR count). The third kappa shape index (κ3) is 4.67. The van der Waals surface area contributed by atoms with Crippen LogP contribution >= 0.6 is 0 Å². The molecular formula is C29H30N6O2. The van der Waals surface area contributed by atoms with E-state index in [0.29, 0.717) is 41.7 Å². The van der Waals surface area contributed by atoms with Gasteiger partial charge in [0.2, 0.25) is 0 Å². The molecule has 0 atom stereocenters. The number of hydrogen-bond acceptors (Lipinski definition) is 6. The van der Waals surface area contributed by atoms with Crippen LogP contribution in [0.1, 0.15) is 53.0 Å². The number of nitrogens with zero attached hydrogens (tertiary/aromatic N) is 4. The Hall–Kier alpha value is -4.20. The third-order valence-electron chi connectivity index (χ3n) is 7.22. The second-order valence-corrected chi connectivity index (χ2v) is 9.79. The molecule has 8 nitrogen and oxygen atoms in total. The van der Waals surface area contributed by atoms with Gasteiger partial charge in [-0.15, -0.1) is 0 Å². The van der Waals surface area contributed by atoms with Crippen LogP contribution in [0, 0.1) is 6.92 Å². The molecule has 1 aliphatic carbocycles. The number of aryl methyl sites for hydroxylation is 1. The minimum atomic E-state index is 0.00828. The Bertz CT molecular complexity index is 1500. The highest BCUT2D eigenvalue weighted by atomic mass is 16.5. The Balaban J connectivity index is 1.34. The Morgan fingerprint density at radius 3 is 2.70 bits per heavy atom. The summed E-state index contributed by atoms with van der Waals surface area (Å²) in [5.41, 5.74) is 12.7. The monoisotopic (exact) mass is 494 g/mol. The number of nitrogen functional groups attached to an aromatic ring is 1. The zero-order valence-electron chi connectivity index (χ0n) is 20.9. The van der Waals surface area contributed by atoms with E-state index in [2.05, 4.69) is 55.2 Å². The average Bonchev–Trinajstić information content (AvgIpc) is 3.19. The molecule has 1 amide bonds. The van der Waals surface area contributed by atoms with Gasteiger partial charge in [-0.25, -0.2) is 4.98 Å². The quantitative estimate of drug-likeness (QED) is 0.403. The van der Waals surface area contributed by atoms with Gasteiger partial charge in [-0.2, -0.15) is 9.97 Å². The fourth-order valence-electron chi connectivity index (χ4n) is 4.91. The Morgan fingerprint density at radius 2 is 1.92 bits per heavy atom. The number of fused-ring (bicyclic) bond motifs is 3. The SMILES string of the molecule is Cc1nc2c(N)nc3nc2n1Cc1ccc(-c2ccc(C(=O)NC4CCC4)cc2)c(c1)C/C=C\CCO3. The predicted octanol–water partition coefficient (Wildman–Crippen LogP) is 4.60. The minimum absolute atomic E-state index is 0.00828. The number of nitrogens with two attached hydrogens (primary N) is 1. The molecule has 2 aromatic heterocycles. The number of anilines is 1. The number of benzene rings is 2. The summed E-state index contributed by atoms with van der Waals surface area (Å²) in [4.78, 5) is 26.0. The summed E-state index contributed by atoms with van der Waals surface area (Å²) in [6, 6.07) is 15.1. The molecule has 188 valence electrons. The van der Waals surface area contributed by atoms with E-state index in [0.717, 1.165) is 48.2 Å². The highest BCUT2D eigenvalue weighted by Crippen LogP contribution is 2.29. The van der Waals surface area contributed by atoms with Crippen molar-refractivity contribution in [2.75, 3.05) is 12.3 Å². The number of allylic oxidation sites excluding steroid dienone is 1. The molecule has 0 radical (unpaired) electrons. The molecule has 3 N–H and O–H groups in total. The van der Waals surface area contributed by atoms with E-state index in [9.17, 15) is 4.79 Å². The Labute approximate surface area is 215 Å². The summed E-state index contributed by atoms with van der Waals surface area (Å²) in [5, 5.41) is 3.11. The van der Waals surface area contributed by atoms with Crippen LogP contribution in [0.25, 0.3) is 22.3 Å². The van der Waals surface area contributed by atoms with E-state index < -0.39 is 0 Å². The van der Waals surface area contributed by atoms with Gasteiger partial charge in [0.1, 0.15) is 5.82 Å². The molecule has 8 heteroatoms. The van der Waals surface area contributed by atoms with Gasteiger partial charge in [0, 0.05) is 11.6 Å². The molecule has 1 aliphatic heterocycles. The maximum Gasteiger partial charge on any atom is 0.320 e. The number of carbonyl (C=O) groups is 1. The summed E-state index contributed by atoms with van der Waals surface area (Å²) in [6.07, 6.45) is 9.17. The molecule has 0 unspecified atom stereocenters.